The summed E-state index contributed by atoms with van der Waals surface area (Å²) in [6, 6.07) is 5.77. The van der Waals surface area contributed by atoms with Crippen molar-refractivity contribution in [1.29, 1.82) is 0 Å². The third-order valence-electron chi connectivity index (χ3n) is 3.11. The highest BCUT2D eigenvalue weighted by Crippen LogP contribution is 2.21. The van der Waals surface area contributed by atoms with E-state index in [4.69, 9.17) is 0 Å². The lowest BCUT2D eigenvalue weighted by atomic mass is 10.3. The Kier molecular flexibility index (Phi) is 3.47. The summed E-state index contributed by atoms with van der Waals surface area (Å²) in [5.74, 6) is 0.377. The van der Waals surface area contributed by atoms with Gasteiger partial charge in [0.1, 0.15) is 0 Å². The maximum atomic E-state index is 13.6. The van der Waals surface area contributed by atoms with Crippen LogP contribution >= 0.6 is 0 Å². The van der Waals surface area contributed by atoms with Gasteiger partial charge in [0.15, 0.2) is 17.0 Å². The van der Waals surface area contributed by atoms with Gasteiger partial charge in [0.2, 0.25) is 0 Å². The Morgan fingerprint density at radius 1 is 1.24 bits per heavy atom. The summed E-state index contributed by atoms with van der Waals surface area (Å²) in [4.78, 5) is 16.1. The van der Waals surface area contributed by atoms with E-state index in [1.54, 1.807) is 12.5 Å². The van der Waals surface area contributed by atoms with Gasteiger partial charge >= 0.3 is 6.08 Å². The van der Waals surface area contributed by atoms with Crippen molar-refractivity contribution >= 4 is 17.0 Å². The van der Waals surface area contributed by atoms with E-state index in [2.05, 4.69) is 25.3 Å². The first-order chi connectivity index (χ1) is 10.1. The van der Waals surface area contributed by atoms with Crippen molar-refractivity contribution in [2.75, 3.05) is 5.32 Å². The zero-order valence-corrected chi connectivity index (χ0v) is 11.8. The lowest BCUT2D eigenvalue weighted by molar-refractivity contribution is 0.537. The Balaban J connectivity index is 1.95. The number of halogens is 1. The first-order valence-corrected chi connectivity index (χ1v) is 6.69. The van der Waals surface area contributed by atoms with E-state index >= 15 is 0 Å². The van der Waals surface area contributed by atoms with Crippen LogP contribution in [0.1, 0.15) is 25.6 Å². The summed E-state index contributed by atoms with van der Waals surface area (Å²) >= 11 is 0. The largest absolute Gasteiger partial charge is 0.362 e. The standard InChI is InChI=1S/C14H15FN6/c1-9(2)21-8-18-11-12(19-14(15)20-13(11)21)17-7-10-5-3-4-6-16-10/h3-6,8-9H,7H2,1-2H3,(H,17,19,20). The van der Waals surface area contributed by atoms with Crippen LogP contribution in [0.2, 0.25) is 0 Å². The molecule has 0 aromatic carbocycles. The third-order valence-corrected chi connectivity index (χ3v) is 3.11. The molecule has 0 saturated carbocycles. The molecular formula is C14H15FN6. The Bertz CT molecular complexity index is 753. The number of anilines is 1. The topological polar surface area (TPSA) is 68.5 Å². The maximum Gasteiger partial charge on any atom is 0.312 e. The van der Waals surface area contributed by atoms with Gasteiger partial charge in [-0.2, -0.15) is 14.4 Å². The van der Waals surface area contributed by atoms with Crippen molar-refractivity contribution in [3.05, 3.63) is 42.5 Å². The Morgan fingerprint density at radius 2 is 2.10 bits per heavy atom. The van der Waals surface area contributed by atoms with Gasteiger partial charge in [0, 0.05) is 12.2 Å². The molecule has 0 atom stereocenters. The van der Waals surface area contributed by atoms with Crippen molar-refractivity contribution in [1.82, 2.24) is 24.5 Å². The van der Waals surface area contributed by atoms with Gasteiger partial charge in [-0.1, -0.05) is 6.07 Å². The fourth-order valence-electron chi connectivity index (χ4n) is 2.07. The minimum Gasteiger partial charge on any atom is -0.362 e. The fraction of sp³-hybridized carbons (Fsp3) is 0.286. The Morgan fingerprint density at radius 3 is 2.81 bits per heavy atom. The predicted molar refractivity (Wildman–Crippen MR) is 77.2 cm³/mol. The number of pyridine rings is 1. The van der Waals surface area contributed by atoms with Crippen molar-refractivity contribution in [3.8, 4) is 0 Å². The summed E-state index contributed by atoms with van der Waals surface area (Å²) in [7, 11) is 0. The number of hydrogen-bond acceptors (Lipinski definition) is 5. The van der Waals surface area contributed by atoms with Crippen LogP contribution in [0, 0.1) is 6.08 Å². The molecule has 7 heteroatoms. The zero-order chi connectivity index (χ0) is 14.8. The summed E-state index contributed by atoms with van der Waals surface area (Å²) in [6.07, 6.45) is 2.59. The molecule has 1 N–H and O–H groups in total. The van der Waals surface area contributed by atoms with Crippen LogP contribution in [-0.2, 0) is 6.54 Å². The van der Waals surface area contributed by atoms with E-state index in [0.29, 0.717) is 23.5 Å². The molecular weight excluding hydrogens is 271 g/mol. The number of fused-ring (bicyclic) bond motifs is 1. The monoisotopic (exact) mass is 286 g/mol. The Labute approximate surface area is 121 Å². The SMILES string of the molecule is CC(C)n1cnc2c(NCc3ccccn3)nc(F)nc21. The summed E-state index contributed by atoms with van der Waals surface area (Å²) in [5.41, 5.74) is 1.88. The summed E-state index contributed by atoms with van der Waals surface area (Å²) in [5, 5.41) is 3.07. The summed E-state index contributed by atoms with van der Waals surface area (Å²) in [6.45, 7) is 4.42. The third kappa shape index (κ3) is 2.67. The molecule has 0 fully saturated rings. The molecule has 3 aromatic rings. The number of imidazole rings is 1. The highest BCUT2D eigenvalue weighted by molar-refractivity contribution is 5.82. The first-order valence-electron chi connectivity index (χ1n) is 6.69. The lowest BCUT2D eigenvalue weighted by Crippen LogP contribution is -2.07. The fourth-order valence-corrected chi connectivity index (χ4v) is 2.07. The van der Waals surface area contributed by atoms with Crippen LogP contribution in [0.3, 0.4) is 0 Å². The van der Waals surface area contributed by atoms with Crippen LogP contribution in [0.4, 0.5) is 10.2 Å². The smallest absolute Gasteiger partial charge is 0.312 e. The molecule has 6 nitrogen and oxygen atoms in total. The van der Waals surface area contributed by atoms with Crippen LogP contribution in [0.5, 0.6) is 0 Å². The molecule has 3 heterocycles. The van der Waals surface area contributed by atoms with Crippen LogP contribution in [0.15, 0.2) is 30.7 Å². The average Bonchev–Trinajstić information content (AvgIpc) is 2.89. The summed E-state index contributed by atoms with van der Waals surface area (Å²) < 4.78 is 15.4. The van der Waals surface area contributed by atoms with Gasteiger partial charge in [0.05, 0.1) is 18.6 Å². The van der Waals surface area contributed by atoms with E-state index in [9.17, 15) is 4.39 Å². The van der Waals surface area contributed by atoms with Crippen LogP contribution < -0.4 is 5.32 Å². The number of rotatable bonds is 4. The predicted octanol–water partition coefficient (Wildman–Crippen LogP) is 2.55. The van der Waals surface area contributed by atoms with Gasteiger partial charge in [-0.15, -0.1) is 0 Å². The van der Waals surface area contributed by atoms with Gasteiger partial charge in [0.25, 0.3) is 0 Å². The molecule has 0 spiro atoms. The molecule has 108 valence electrons. The molecule has 3 aromatic heterocycles. The van der Waals surface area contributed by atoms with E-state index in [1.807, 2.05) is 36.6 Å². The van der Waals surface area contributed by atoms with Gasteiger partial charge in [-0.25, -0.2) is 4.98 Å². The lowest BCUT2D eigenvalue weighted by Gasteiger charge is -2.08. The normalized spacial score (nSPS) is 11.2. The van der Waals surface area contributed by atoms with Crippen molar-refractivity contribution in [2.24, 2.45) is 0 Å². The average molecular weight is 286 g/mol. The van der Waals surface area contributed by atoms with Crippen LogP contribution in [0.25, 0.3) is 11.2 Å². The van der Waals surface area contributed by atoms with Crippen molar-refractivity contribution in [2.45, 2.75) is 26.4 Å². The molecule has 0 aliphatic rings. The molecule has 0 radical (unpaired) electrons. The quantitative estimate of drug-likeness (QED) is 0.746. The highest BCUT2D eigenvalue weighted by Gasteiger charge is 2.14. The van der Waals surface area contributed by atoms with E-state index in [1.165, 1.54) is 0 Å². The van der Waals surface area contributed by atoms with Gasteiger partial charge in [-0.3, -0.25) is 4.98 Å². The minimum absolute atomic E-state index is 0.146. The second-order valence-electron chi connectivity index (χ2n) is 4.93. The zero-order valence-electron chi connectivity index (χ0n) is 11.8. The minimum atomic E-state index is -0.770. The number of hydrogen-bond donors (Lipinski definition) is 1. The second kappa shape index (κ2) is 5.43. The van der Waals surface area contributed by atoms with E-state index in [0.717, 1.165) is 5.69 Å². The highest BCUT2D eigenvalue weighted by atomic mass is 19.1. The molecule has 0 amide bonds. The van der Waals surface area contributed by atoms with Crippen LogP contribution in [-0.4, -0.2) is 24.5 Å². The van der Waals surface area contributed by atoms with E-state index < -0.39 is 6.08 Å². The Hall–Kier alpha value is -2.57. The van der Waals surface area contributed by atoms with Gasteiger partial charge < -0.3 is 9.88 Å². The van der Waals surface area contributed by atoms with Crippen molar-refractivity contribution in [3.63, 3.8) is 0 Å². The molecule has 0 saturated heterocycles. The molecule has 0 bridgehead atoms. The number of nitrogens with zero attached hydrogens (tertiary/aromatic N) is 5. The number of aromatic nitrogens is 5. The molecule has 0 aliphatic carbocycles. The molecule has 3 rings (SSSR count). The molecule has 21 heavy (non-hydrogen) atoms. The van der Waals surface area contributed by atoms with E-state index in [-0.39, 0.29) is 6.04 Å². The molecule has 0 aliphatic heterocycles. The van der Waals surface area contributed by atoms with Gasteiger partial charge in [-0.05, 0) is 26.0 Å². The first kappa shape index (κ1) is 13.4. The maximum absolute atomic E-state index is 13.6. The number of nitrogens with one attached hydrogen (secondary N) is 1. The van der Waals surface area contributed by atoms with Crippen molar-refractivity contribution < 1.29 is 4.39 Å². The second-order valence-corrected chi connectivity index (χ2v) is 4.93. The molecule has 0 unspecified atom stereocenters.